The molecular formula is C29H30ClNO6. The standard InChI is InChI=1S/C29H30ClNO6/c1-5-36-28(33)23-16(3)31-21-15-20(19-9-7-8-10-22(19)35-4)25(29(34)37-6-2)27(32)26(21)24(23)17-11-13-18(30)14-12-17/h7-14,20,24-26H,5-6,15H2,1-4H3/t20-,24-,25-,26?/m1/s1. The van der Waals surface area contributed by atoms with Gasteiger partial charge in [0.1, 0.15) is 11.7 Å². The molecule has 1 fully saturated rings. The maximum Gasteiger partial charge on any atom is 0.336 e. The van der Waals surface area contributed by atoms with Gasteiger partial charge in [-0.1, -0.05) is 41.9 Å². The molecule has 4 rings (SSSR count). The van der Waals surface area contributed by atoms with Gasteiger partial charge in [0, 0.05) is 28.3 Å². The zero-order valence-corrected chi connectivity index (χ0v) is 22.1. The molecule has 0 amide bonds. The number of Topliss-reactive ketones (excluding diaryl/α,β-unsaturated/α-hetero) is 1. The number of esters is 2. The number of benzene rings is 2. The highest BCUT2D eigenvalue weighted by Crippen LogP contribution is 2.49. The maximum atomic E-state index is 14.3. The minimum Gasteiger partial charge on any atom is -0.496 e. The molecule has 37 heavy (non-hydrogen) atoms. The van der Waals surface area contributed by atoms with Crippen molar-refractivity contribution in [1.29, 1.82) is 0 Å². The van der Waals surface area contributed by atoms with Gasteiger partial charge in [0.25, 0.3) is 0 Å². The Hall–Kier alpha value is -3.45. The molecule has 2 aromatic rings. The average Bonchev–Trinajstić information content (AvgIpc) is 2.88. The van der Waals surface area contributed by atoms with Crippen molar-refractivity contribution in [2.24, 2.45) is 16.8 Å². The number of ether oxygens (including phenoxy) is 3. The number of hydrogen-bond acceptors (Lipinski definition) is 7. The lowest BCUT2D eigenvalue weighted by Gasteiger charge is -2.41. The molecule has 0 aromatic heterocycles. The highest BCUT2D eigenvalue weighted by Gasteiger charge is 2.53. The van der Waals surface area contributed by atoms with E-state index >= 15 is 0 Å². The Morgan fingerprint density at radius 1 is 1.00 bits per heavy atom. The first-order valence-electron chi connectivity index (χ1n) is 12.4. The van der Waals surface area contributed by atoms with Gasteiger partial charge in [-0.05, 0) is 56.5 Å². The second kappa shape index (κ2) is 11.3. The van der Waals surface area contributed by atoms with Gasteiger partial charge in [-0.25, -0.2) is 4.79 Å². The Labute approximate surface area is 221 Å². The van der Waals surface area contributed by atoms with Crippen molar-refractivity contribution in [2.75, 3.05) is 20.3 Å². The summed E-state index contributed by atoms with van der Waals surface area (Å²) in [5.74, 6) is -4.00. The molecule has 1 saturated carbocycles. The van der Waals surface area contributed by atoms with E-state index in [1.165, 1.54) is 0 Å². The van der Waals surface area contributed by atoms with E-state index in [0.717, 1.165) is 11.1 Å². The minimum atomic E-state index is -1.09. The Morgan fingerprint density at radius 3 is 2.32 bits per heavy atom. The van der Waals surface area contributed by atoms with Crippen LogP contribution in [0.3, 0.4) is 0 Å². The van der Waals surface area contributed by atoms with Crippen molar-refractivity contribution in [1.82, 2.24) is 0 Å². The third-order valence-corrected chi connectivity index (χ3v) is 7.20. The zero-order valence-electron chi connectivity index (χ0n) is 21.3. The monoisotopic (exact) mass is 523 g/mol. The SMILES string of the molecule is CCOC(=O)C1=C(C)N=C2C[C@H](c3ccccc3OC)[C@@H](C(=O)OCC)C(=O)C2[C@@H]1c1ccc(Cl)cc1. The van der Waals surface area contributed by atoms with Gasteiger partial charge in [-0.15, -0.1) is 0 Å². The summed E-state index contributed by atoms with van der Waals surface area (Å²) < 4.78 is 16.3. The molecule has 2 aromatic carbocycles. The minimum absolute atomic E-state index is 0.139. The molecular weight excluding hydrogens is 494 g/mol. The molecule has 194 valence electrons. The highest BCUT2D eigenvalue weighted by atomic mass is 35.5. The van der Waals surface area contributed by atoms with E-state index < -0.39 is 35.6 Å². The van der Waals surface area contributed by atoms with Crippen LogP contribution in [-0.2, 0) is 23.9 Å². The predicted molar refractivity (Wildman–Crippen MR) is 140 cm³/mol. The fourth-order valence-corrected chi connectivity index (χ4v) is 5.58. The number of allylic oxidation sites excluding steroid dienone is 1. The summed E-state index contributed by atoms with van der Waals surface area (Å²) in [6.45, 7) is 5.50. The molecule has 1 unspecified atom stereocenters. The molecule has 1 aliphatic carbocycles. The molecule has 0 radical (unpaired) electrons. The number of hydrogen-bond donors (Lipinski definition) is 0. The lowest BCUT2D eigenvalue weighted by molar-refractivity contribution is -0.153. The number of aliphatic imine (C=N–C) groups is 1. The fraction of sp³-hybridized carbons (Fsp3) is 0.379. The van der Waals surface area contributed by atoms with Crippen LogP contribution in [0.15, 0.2) is 64.8 Å². The van der Waals surface area contributed by atoms with E-state index in [4.69, 9.17) is 30.8 Å². The zero-order chi connectivity index (χ0) is 26.7. The molecule has 8 heteroatoms. The number of rotatable bonds is 7. The maximum absolute atomic E-state index is 14.3. The number of methoxy groups -OCH3 is 1. The lowest BCUT2D eigenvalue weighted by Crippen LogP contribution is -2.48. The van der Waals surface area contributed by atoms with E-state index in [1.54, 1.807) is 58.2 Å². The molecule has 2 aliphatic rings. The summed E-state index contributed by atoms with van der Waals surface area (Å²) in [5, 5.41) is 0.530. The van der Waals surface area contributed by atoms with E-state index in [9.17, 15) is 14.4 Å². The largest absolute Gasteiger partial charge is 0.496 e. The number of carbonyl (C=O) groups is 3. The fourth-order valence-electron chi connectivity index (χ4n) is 5.45. The van der Waals surface area contributed by atoms with Crippen LogP contribution in [0.1, 0.15) is 50.2 Å². The van der Waals surface area contributed by atoms with Gasteiger partial charge in [0.05, 0.1) is 31.8 Å². The lowest BCUT2D eigenvalue weighted by atomic mass is 9.62. The van der Waals surface area contributed by atoms with Crippen molar-refractivity contribution >= 4 is 35.0 Å². The van der Waals surface area contributed by atoms with Gasteiger partial charge in [-0.3, -0.25) is 14.6 Å². The molecule has 1 aliphatic heterocycles. The van der Waals surface area contributed by atoms with Crippen LogP contribution >= 0.6 is 11.6 Å². The number of nitrogens with zero attached hydrogens (tertiary/aromatic N) is 1. The van der Waals surface area contributed by atoms with Gasteiger partial charge in [0.2, 0.25) is 0 Å². The van der Waals surface area contributed by atoms with E-state index in [-0.39, 0.29) is 19.0 Å². The van der Waals surface area contributed by atoms with Crippen LogP contribution in [0.25, 0.3) is 0 Å². The Bertz CT molecular complexity index is 1270. The summed E-state index contributed by atoms with van der Waals surface area (Å²) in [6, 6.07) is 14.4. The first kappa shape index (κ1) is 26.6. The first-order chi connectivity index (χ1) is 17.8. The first-order valence-corrected chi connectivity index (χ1v) is 12.7. The van der Waals surface area contributed by atoms with Gasteiger partial charge >= 0.3 is 11.9 Å². The Kier molecular flexibility index (Phi) is 8.13. The second-order valence-electron chi connectivity index (χ2n) is 9.01. The predicted octanol–water partition coefficient (Wildman–Crippen LogP) is 5.28. The molecule has 0 spiro atoms. The van der Waals surface area contributed by atoms with Crippen LogP contribution in [0.5, 0.6) is 5.75 Å². The van der Waals surface area contributed by atoms with Crippen LogP contribution in [0.2, 0.25) is 5.02 Å². The van der Waals surface area contributed by atoms with Crippen LogP contribution in [0, 0.1) is 11.8 Å². The van der Waals surface area contributed by atoms with Crippen molar-refractivity contribution < 1.29 is 28.6 Å². The number of para-hydroxylation sites is 1. The average molecular weight is 524 g/mol. The van der Waals surface area contributed by atoms with E-state index in [2.05, 4.69) is 0 Å². The summed E-state index contributed by atoms with van der Waals surface area (Å²) in [5.41, 5.74) is 2.87. The summed E-state index contributed by atoms with van der Waals surface area (Å²) >= 11 is 6.14. The third-order valence-electron chi connectivity index (χ3n) is 6.95. The molecule has 4 atom stereocenters. The molecule has 0 bridgehead atoms. The number of ketones is 1. The van der Waals surface area contributed by atoms with Crippen LogP contribution < -0.4 is 4.74 Å². The molecule has 0 saturated heterocycles. The molecule has 0 N–H and O–H groups in total. The number of halogens is 1. The van der Waals surface area contributed by atoms with Gasteiger partial charge in [-0.2, -0.15) is 0 Å². The van der Waals surface area contributed by atoms with Crippen molar-refractivity contribution in [3.05, 3.63) is 76.0 Å². The van der Waals surface area contributed by atoms with Gasteiger partial charge < -0.3 is 14.2 Å². The van der Waals surface area contributed by atoms with Crippen LogP contribution in [0.4, 0.5) is 0 Å². The topological polar surface area (TPSA) is 91.3 Å². The summed E-state index contributed by atoms with van der Waals surface area (Å²) in [7, 11) is 1.55. The van der Waals surface area contributed by atoms with Crippen molar-refractivity contribution in [2.45, 2.75) is 39.0 Å². The number of carbonyl (C=O) groups excluding carboxylic acids is 3. The third kappa shape index (κ3) is 5.05. The number of fused-ring (bicyclic) bond motifs is 1. The summed E-state index contributed by atoms with van der Waals surface area (Å²) in [6.07, 6.45) is 0.331. The second-order valence-corrected chi connectivity index (χ2v) is 9.45. The normalized spacial score (nSPS) is 23.2. The van der Waals surface area contributed by atoms with E-state index in [1.807, 2.05) is 18.2 Å². The van der Waals surface area contributed by atoms with Gasteiger partial charge in [0.15, 0.2) is 5.78 Å². The quantitative estimate of drug-likeness (QED) is 0.362. The highest BCUT2D eigenvalue weighted by molar-refractivity contribution is 6.30. The summed E-state index contributed by atoms with van der Waals surface area (Å²) in [4.78, 5) is 45.5. The Morgan fingerprint density at radius 2 is 1.68 bits per heavy atom. The molecule has 7 nitrogen and oxygen atoms in total. The Balaban J connectivity index is 1.91. The smallest absolute Gasteiger partial charge is 0.336 e. The molecule has 1 heterocycles. The van der Waals surface area contributed by atoms with Crippen LogP contribution in [-0.4, -0.2) is 43.8 Å². The van der Waals surface area contributed by atoms with Crippen molar-refractivity contribution in [3.8, 4) is 5.75 Å². The van der Waals surface area contributed by atoms with E-state index in [0.29, 0.717) is 34.2 Å². The van der Waals surface area contributed by atoms with Crippen molar-refractivity contribution in [3.63, 3.8) is 0 Å².